The standard InChI is InChI=1S/C22H29N5O2/c28-22(27-12-10-26(11-13-27)20-4-2-1-3-5-20)21-18-19(6-7-24-21)23-8-9-25-14-16-29-17-15-25/h1-7,18H,8-17H2,(H,23,24). The van der Waals surface area contributed by atoms with Gasteiger partial charge in [-0.3, -0.25) is 14.7 Å². The maximum atomic E-state index is 12.9. The number of para-hydroxylation sites is 1. The molecule has 7 nitrogen and oxygen atoms in total. The van der Waals surface area contributed by atoms with Gasteiger partial charge in [-0.1, -0.05) is 18.2 Å². The van der Waals surface area contributed by atoms with Crippen molar-refractivity contribution in [2.24, 2.45) is 0 Å². The molecule has 154 valence electrons. The lowest BCUT2D eigenvalue weighted by Crippen LogP contribution is -2.49. The third-order valence-corrected chi connectivity index (χ3v) is 5.53. The number of rotatable bonds is 6. The highest BCUT2D eigenvalue weighted by Gasteiger charge is 2.23. The smallest absolute Gasteiger partial charge is 0.272 e. The number of hydrogen-bond donors (Lipinski definition) is 1. The Balaban J connectivity index is 1.28. The van der Waals surface area contributed by atoms with Crippen LogP contribution in [0.4, 0.5) is 11.4 Å². The fraction of sp³-hybridized carbons (Fsp3) is 0.455. The number of carbonyl (C=O) groups is 1. The van der Waals surface area contributed by atoms with Crippen LogP contribution in [0.2, 0.25) is 0 Å². The molecule has 0 bridgehead atoms. The fourth-order valence-corrected chi connectivity index (χ4v) is 3.81. The number of pyridine rings is 1. The lowest BCUT2D eigenvalue weighted by atomic mass is 10.2. The molecule has 3 heterocycles. The van der Waals surface area contributed by atoms with Crippen molar-refractivity contribution < 1.29 is 9.53 Å². The van der Waals surface area contributed by atoms with Crippen LogP contribution in [-0.2, 0) is 4.74 Å². The van der Waals surface area contributed by atoms with Crippen molar-refractivity contribution in [2.75, 3.05) is 75.8 Å². The first-order chi connectivity index (χ1) is 14.3. The summed E-state index contributed by atoms with van der Waals surface area (Å²) in [6, 6.07) is 14.1. The summed E-state index contributed by atoms with van der Waals surface area (Å²) in [6.07, 6.45) is 1.71. The molecule has 4 rings (SSSR count). The quantitative estimate of drug-likeness (QED) is 0.805. The van der Waals surface area contributed by atoms with Crippen LogP contribution in [0.1, 0.15) is 10.5 Å². The molecule has 2 fully saturated rings. The van der Waals surface area contributed by atoms with E-state index in [0.717, 1.165) is 58.2 Å². The summed E-state index contributed by atoms with van der Waals surface area (Å²) in [4.78, 5) is 23.8. The van der Waals surface area contributed by atoms with Crippen LogP contribution in [0, 0.1) is 0 Å². The largest absolute Gasteiger partial charge is 0.384 e. The van der Waals surface area contributed by atoms with E-state index in [1.807, 2.05) is 35.2 Å². The molecule has 0 atom stereocenters. The minimum Gasteiger partial charge on any atom is -0.384 e. The van der Waals surface area contributed by atoms with Crippen molar-refractivity contribution in [2.45, 2.75) is 0 Å². The van der Waals surface area contributed by atoms with Gasteiger partial charge in [-0.2, -0.15) is 0 Å². The maximum absolute atomic E-state index is 12.9. The third kappa shape index (κ3) is 5.25. The minimum absolute atomic E-state index is 0.00883. The third-order valence-electron chi connectivity index (χ3n) is 5.53. The second-order valence-electron chi connectivity index (χ2n) is 7.43. The normalized spacial score (nSPS) is 17.9. The molecule has 1 aromatic heterocycles. The van der Waals surface area contributed by atoms with Crippen LogP contribution >= 0.6 is 0 Å². The summed E-state index contributed by atoms with van der Waals surface area (Å²) < 4.78 is 5.38. The average molecular weight is 396 g/mol. The number of piperazine rings is 1. The average Bonchev–Trinajstić information content (AvgIpc) is 2.80. The highest BCUT2D eigenvalue weighted by atomic mass is 16.5. The molecular formula is C22H29N5O2. The zero-order valence-corrected chi connectivity index (χ0v) is 16.8. The Morgan fingerprint density at radius 1 is 1.00 bits per heavy atom. The van der Waals surface area contributed by atoms with E-state index in [0.29, 0.717) is 18.8 Å². The first-order valence-electron chi connectivity index (χ1n) is 10.4. The summed E-state index contributed by atoms with van der Waals surface area (Å²) in [5.41, 5.74) is 2.67. The van der Waals surface area contributed by atoms with Crippen molar-refractivity contribution in [1.82, 2.24) is 14.8 Å². The van der Waals surface area contributed by atoms with Crippen LogP contribution in [0.3, 0.4) is 0 Å². The van der Waals surface area contributed by atoms with Gasteiger partial charge in [0.05, 0.1) is 13.2 Å². The SMILES string of the molecule is O=C(c1cc(NCCN2CCOCC2)ccn1)N1CCN(c2ccccc2)CC1. The Morgan fingerprint density at radius 2 is 1.76 bits per heavy atom. The minimum atomic E-state index is 0.00883. The van der Waals surface area contributed by atoms with Crippen molar-refractivity contribution in [3.8, 4) is 0 Å². The summed E-state index contributed by atoms with van der Waals surface area (Å²) in [5, 5.41) is 3.42. The summed E-state index contributed by atoms with van der Waals surface area (Å²) >= 11 is 0. The van der Waals surface area contributed by atoms with Crippen LogP contribution in [-0.4, -0.2) is 86.3 Å². The first kappa shape index (κ1) is 19.7. The van der Waals surface area contributed by atoms with E-state index in [4.69, 9.17) is 4.74 Å². The number of hydrogen-bond acceptors (Lipinski definition) is 6. The summed E-state index contributed by atoms with van der Waals surface area (Å²) in [5.74, 6) is 0.00883. The Bertz CT molecular complexity index is 787. The van der Waals surface area contributed by atoms with E-state index in [1.54, 1.807) is 6.20 Å². The van der Waals surface area contributed by atoms with Gasteiger partial charge < -0.3 is 19.9 Å². The number of benzene rings is 1. The molecule has 1 aromatic carbocycles. The van der Waals surface area contributed by atoms with E-state index in [9.17, 15) is 4.79 Å². The molecule has 1 amide bonds. The lowest BCUT2D eigenvalue weighted by molar-refractivity contribution is 0.0398. The lowest BCUT2D eigenvalue weighted by Gasteiger charge is -2.36. The Hall–Kier alpha value is -2.64. The molecule has 2 aliphatic heterocycles. The predicted molar refractivity (Wildman–Crippen MR) is 115 cm³/mol. The van der Waals surface area contributed by atoms with Crippen LogP contribution in [0.5, 0.6) is 0 Å². The highest BCUT2D eigenvalue weighted by Crippen LogP contribution is 2.17. The number of nitrogens with one attached hydrogen (secondary N) is 1. The van der Waals surface area contributed by atoms with Gasteiger partial charge in [0.1, 0.15) is 5.69 Å². The van der Waals surface area contributed by atoms with Crippen molar-refractivity contribution in [3.05, 3.63) is 54.4 Å². The predicted octanol–water partition coefficient (Wildman–Crippen LogP) is 1.79. The molecule has 29 heavy (non-hydrogen) atoms. The number of nitrogens with zero attached hydrogens (tertiary/aromatic N) is 4. The highest BCUT2D eigenvalue weighted by molar-refractivity contribution is 5.93. The first-order valence-corrected chi connectivity index (χ1v) is 10.4. The number of amides is 1. The number of aromatic nitrogens is 1. The van der Waals surface area contributed by atoms with Gasteiger partial charge in [0.2, 0.25) is 0 Å². The zero-order chi connectivity index (χ0) is 19.9. The topological polar surface area (TPSA) is 60.9 Å². The molecule has 0 radical (unpaired) electrons. The molecule has 2 aromatic rings. The van der Waals surface area contributed by atoms with Gasteiger partial charge in [0.25, 0.3) is 5.91 Å². The number of anilines is 2. The van der Waals surface area contributed by atoms with E-state index in [-0.39, 0.29) is 5.91 Å². The van der Waals surface area contributed by atoms with Crippen molar-refractivity contribution >= 4 is 17.3 Å². The summed E-state index contributed by atoms with van der Waals surface area (Å²) in [6.45, 7) is 8.50. The van der Waals surface area contributed by atoms with Gasteiger partial charge in [0.15, 0.2) is 0 Å². The van der Waals surface area contributed by atoms with Crippen LogP contribution < -0.4 is 10.2 Å². The maximum Gasteiger partial charge on any atom is 0.272 e. The molecule has 7 heteroatoms. The molecule has 0 unspecified atom stereocenters. The zero-order valence-electron chi connectivity index (χ0n) is 16.8. The van der Waals surface area contributed by atoms with Gasteiger partial charge in [-0.15, -0.1) is 0 Å². The van der Waals surface area contributed by atoms with Crippen LogP contribution in [0.15, 0.2) is 48.7 Å². The van der Waals surface area contributed by atoms with Gasteiger partial charge in [0, 0.05) is 69.9 Å². The summed E-state index contributed by atoms with van der Waals surface area (Å²) in [7, 11) is 0. The van der Waals surface area contributed by atoms with Crippen molar-refractivity contribution in [1.29, 1.82) is 0 Å². The van der Waals surface area contributed by atoms with Crippen LogP contribution in [0.25, 0.3) is 0 Å². The molecule has 0 spiro atoms. The molecular weight excluding hydrogens is 366 g/mol. The number of ether oxygens (including phenoxy) is 1. The van der Waals surface area contributed by atoms with E-state index in [1.165, 1.54) is 5.69 Å². The van der Waals surface area contributed by atoms with Gasteiger partial charge in [-0.25, -0.2) is 0 Å². The Labute approximate surface area is 172 Å². The van der Waals surface area contributed by atoms with E-state index in [2.05, 4.69) is 32.2 Å². The molecule has 0 aliphatic carbocycles. The molecule has 2 saturated heterocycles. The van der Waals surface area contributed by atoms with Crippen molar-refractivity contribution in [3.63, 3.8) is 0 Å². The monoisotopic (exact) mass is 395 g/mol. The second kappa shape index (κ2) is 9.71. The van der Waals surface area contributed by atoms with E-state index >= 15 is 0 Å². The van der Waals surface area contributed by atoms with Gasteiger partial charge in [-0.05, 0) is 24.3 Å². The Kier molecular flexibility index (Phi) is 6.59. The van der Waals surface area contributed by atoms with Gasteiger partial charge >= 0.3 is 0 Å². The molecule has 0 saturated carbocycles. The molecule has 2 aliphatic rings. The number of carbonyl (C=O) groups excluding carboxylic acids is 1. The Morgan fingerprint density at radius 3 is 2.52 bits per heavy atom. The fourth-order valence-electron chi connectivity index (χ4n) is 3.81. The number of morpholine rings is 1. The second-order valence-corrected chi connectivity index (χ2v) is 7.43. The van der Waals surface area contributed by atoms with E-state index < -0.39 is 0 Å². The molecule has 1 N–H and O–H groups in total.